The maximum Gasteiger partial charge on any atom is 0.337 e. The van der Waals surface area contributed by atoms with Crippen LogP contribution in [0.4, 0.5) is 5.13 Å². The number of ether oxygens (including phenoxy) is 1. The molecule has 30 heavy (non-hydrogen) atoms. The molecule has 1 N–H and O–H groups in total. The van der Waals surface area contributed by atoms with Gasteiger partial charge in [-0.2, -0.15) is 0 Å². The molecule has 0 aliphatic rings. The van der Waals surface area contributed by atoms with Crippen molar-refractivity contribution >= 4 is 38.6 Å². The number of carbonyl (C=O) groups is 2. The maximum absolute atomic E-state index is 13.4. The molecule has 0 radical (unpaired) electrons. The Hall–Kier alpha value is -2.77. The first-order chi connectivity index (χ1) is 14.5. The number of rotatable bonds is 8. The van der Waals surface area contributed by atoms with Crippen molar-refractivity contribution in [2.24, 2.45) is 0 Å². The predicted octanol–water partition coefficient (Wildman–Crippen LogP) is 2.96. The third-order valence-corrected chi connectivity index (χ3v) is 6.37. The van der Waals surface area contributed by atoms with E-state index in [4.69, 9.17) is 9.72 Å². The number of nitrogens with one attached hydrogen (secondary N) is 1. The summed E-state index contributed by atoms with van der Waals surface area (Å²) in [6, 6.07) is 12.7. The molecule has 7 heteroatoms. The topological polar surface area (TPSA) is 63.9 Å². The summed E-state index contributed by atoms with van der Waals surface area (Å²) in [5.74, 6) is -0.535. The lowest BCUT2D eigenvalue weighted by Gasteiger charge is -2.23. The molecule has 0 spiro atoms. The summed E-state index contributed by atoms with van der Waals surface area (Å²) < 4.78 is 5.81. The highest BCUT2D eigenvalue weighted by Gasteiger charge is 2.23. The van der Waals surface area contributed by atoms with Gasteiger partial charge in [0.1, 0.15) is 0 Å². The van der Waals surface area contributed by atoms with E-state index in [0.717, 1.165) is 35.4 Å². The van der Waals surface area contributed by atoms with E-state index >= 15 is 0 Å². The van der Waals surface area contributed by atoms with Crippen molar-refractivity contribution in [2.45, 2.75) is 20.8 Å². The standard InChI is InChI=1S/C23H27N3O3S/c1-5-25(6-2)14-15-26(23-24-20-16(3)8-7-9-19(20)30-23)21(27)17-10-12-18(13-11-17)22(28)29-4/h7-13H,5-6,14-15H2,1-4H3/p+1. The first kappa shape index (κ1) is 21.9. The van der Waals surface area contributed by atoms with Crippen LogP contribution >= 0.6 is 11.3 Å². The highest BCUT2D eigenvalue weighted by molar-refractivity contribution is 7.22. The number of para-hydroxylation sites is 1. The fourth-order valence-electron chi connectivity index (χ4n) is 3.37. The maximum atomic E-state index is 13.4. The van der Waals surface area contributed by atoms with Crippen LogP contribution in [0.25, 0.3) is 10.2 Å². The predicted molar refractivity (Wildman–Crippen MR) is 121 cm³/mol. The summed E-state index contributed by atoms with van der Waals surface area (Å²) in [6.45, 7) is 9.76. The van der Waals surface area contributed by atoms with Crippen molar-refractivity contribution in [1.29, 1.82) is 0 Å². The van der Waals surface area contributed by atoms with Crippen molar-refractivity contribution in [1.82, 2.24) is 4.98 Å². The minimum atomic E-state index is -0.419. The Morgan fingerprint density at radius 3 is 2.33 bits per heavy atom. The minimum Gasteiger partial charge on any atom is -0.465 e. The van der Waals surface area contributed by atoms with Crippen LogP contribution in [0.5, 0.6) is 0 Å². The quantitative estimate of drug-likeness (QED) is 0.563. The molecule has 1 aromatic heterocycles. The number of hydrogen-bond donors (Lipinski definition) is 1. The summed E-state index contributed by atoms with van der Waals surface area (Å²) >= 11 is 1.53. The van der Waals surface area contributed by atoms with Crippen LogP contribution in [0, 0.1) is 6.92 Å². The molecular weight excluding hydrogens is 398 g/mol. The van der Waals surface area contributed by atoms with Crippen molar-refractivity contribution < 1.29 is 19.2 Å². The summed E-state index contributed by atoms with van der Waals surface area (Å²) in [6.07, 6.45) is 0. The molecule has 1 heterocycles. The summed E-state index contributed by atoms with van der Waals surface area (Å²) in [4.78, 5) is 33.1. The van der Waals surface area contributed by atoms with Gasteiger partial charge in [0, 0.05) is 5.56 Å². The number of nitrogens with zero attached hydrogens (tertiary/aromatic N) is 2. The lowest BCUT2D eigenvalue weighted by Crippen LogP contribution is -3.12. The first-order valence-corrected chi connectivity index (χ1v) is 11.0. The number of hydrogen-bond acceptors (Lipinski definition) is 5. The van der Waals surface area contributed by atoms with Crippen molar-refractivity contribution in [2.75, 3.05) is 38.2 Å². The number of carbonyl (C=O) groups excluding carboxylic acids is 2. The molecule has 158 valence electrons. The smallest absolute Gasteiger partial charge is 0.337 e. The Morgan fingerprint density at radius 1 is 1.07 bits per heavy atom. The SMILES string of the molecule is CC[NH+](CC)CCN(C(=O)c1ccc(C(=O)OC)cc1)c1nc2c(C)cccc2s1. The van der Waals surface area contributed by atoms with Gasteiger partial charge in [0.2, 0.25) is 0 Å². The summed E-state index contributed by atoms with van der Waals surface area (Å²) in [7, 11) is 1.34. The largest absolute Gasteiger partial charge is 0.465 e. The zero-order valence-electron chi connectivity index (χ0n) is 17.9. The van der Waals surface area contributed by atoms with E-state index in [1.54, 1.807) is 29.2 Å². The third kappa shape index (κ3) is 4.68. The van der Waals surface area contributed by atoms with Crippen molar-refractivity contribution in [3.05, 3.63) is 59.2 Å². The molecule has 0 fully saturated rings. The van der Waals surface area contributed by atoms with Gasteiger partial charge < -0.3 is 9.64 Å². The van der Waals surface area contributed by atoms with E-state index in [9.17, 15) is 9.59 Å². The van der Waals surface area contributed by atoms with Crippen LogP contribution in [0.1, 0.15) is 40.1 Å². The fraction of sp³-hybridized carbons (Fsp3) is 0.348. The number of methoxy groups -OCH3 is 1. The highest BCUT2D eigenvalue weighted by atomic mass is 32.1. The molecule has 0 atom stereocenters. The fourth-order valence-corrected chi connectivity index (χ4v) is 4.44. The Morgan fingerprint density at radius 2 is 1.73 bits per heavy atom. The van der Waals surface area contributed by atoms with E-state index in [-0.39, 0.29) is 5.91 Å². The molecule has 1 amide bonds. The zero-order chi connectivity index (χ0) is 21.7. The number of quaternary nitrogens is 1. The van der Waals surface area contributed by atoms with E-state index in [1.165, 1.54) is 23.3 Å². The number of amides is 1. The summed E-state index contributed by atoms with van der Waals surface area (Å²) in [5.41, 5.74) is 2.97. The minimum absolute atomic E-state index is 0.116. The van der Waals surface area contributed by atoms with Crippen LogP contribution in [-0.2, 0) is 4.74 Å². The van der Waals surface area contributed by atoms with Gasteiger partial charge in [0.05, 0.1) is 49.1 Å². The molecule has 0 bridgehead atoms. The monoisotopic (exact) mass is 426 g/mol. The number of esters is 1. The molecular formula is C23H28N3O3S+. The molecule has 6 nitrogen and oxygen atoms in total. The second-order valence-corrected chi connectivity index (χ2v) is 8.16. The molecule has 0 aliphatic heterocycles. The van der Waals surface area contributed by atoms with Gasteiger partial charge in [0.15, 0.2) is 5.13 Å². The molecule has 3 aromatic rings. The van der Waals surface area contributed by atoms with Gasteiger partial charge in [0.25, 0.3) is 5.91 Å². The lowest BCUT2D eigenvalue weighted by molar-refractivity contribution is -0.894. The Kier molecular flexibility index (Phi) is 7.18. The average Bonchev–Trinajstić information content (AvgIpc) is 3.21. The van der Waals surface area contributed by atoms with Crippen LogP contribution < -0.4 is 9.80 Å². The van der Waals surface area contributed by atoms with Crippen molar-refractivity contribution in [3.63, 3.8) is 0 Å². The highest BCUT2D eigenvalue weighted by Crippen LogP contribution is 2.31. The van der Waals surface area contributed by atoms with Crippen LogP contribution in [0.3, 0.4) is 0 Å². The number of anilines is 1. The van der Waals surface area contributed by atoms with Crippen LogP contribution in [-0.4, -0.2) is 50.1 Å². The molecule has 3 rings (SSSR count). The normalized spacial score (nSPS) is 11.1. The zero-order valence-corrected chi connectivity index (χ0v) is 18.7. The molecule has 0 saturated carbocycles. The van der Waals surface area contributed by atoms with Crippen LogP contribution in [0.2, 0.25) is 0 Å². The molecule has 2 aromatic carbocycles. The summed E-state index contributed by atoms with van der Waals surface area (Å²) in [5, 5.41) is 0.702. The number of fused-ring (bicyclic) bond motifs is 1. The van der Waals surface area contributed by atoms with Gasteiger partial charge in [-0.15, -0.1) is 0 Å². The van der Waals surface area contributed by atoms with E-state index in [0.29, 0.717) is 22.8 Å². The van der Waals surface area contributed by atoms with Gasteiger partial charge in [-0.05, 0) is 56.7 Å². The second-order valence-electron chi connectivity index (χ2n) is 7.15. The third-order valence-electron chi connectivity index (χ3n) is 5.33. The number of likely N-dealkylation sites (N-methyl/N-ethyl adjacent to an activating group) is 1. The Bertz CT molecular complexity index is 1030. The van der Waals surface area contributed by atoms with Crippen molar-refractivity contribution in [3.8, 4) is 0 Å². The lowest BCUT2D eigenvalue weighted by atomic mass is 10.1. The first-order valence-electron chi connectivity index (χ1n) is 10.2. The second kappa shape index (κ2) is 9.82. The number of benzene rings is 2. The van der Waals surface area contributed by atoms with Crippen LogP contribution in [0.15, 0.2) is 42.5 Å². The van der Waals surface area contributed by atoms with Gasteiger partial charge in [-0.3, -0.25) is 9.69 Å². The Balaban J connectivity index is 1.94. The Labute approximate surface area is 181 Å². The molecule has 0 unspecified atom stereocenters. The number of aryl methyl sites for hydroxylation is 1. The van der Waals surface area contributed by atoms with Gasteiger partial charge >= 0.3 is 5.97 Å². The van der Waals surface area contributed by atoms with Gasteiger partial charge in [-0.1, -0.05) is 23.5 Å². The molecule has 0 aliphatic carbocycles. The number of thiazole rings is 1. The van der Waals surface area contributed by atoms with E-state index in [1.807, 2.05) is 25.1 Å². The van der Waals surface area contributed by atoms with E-state index < -0.39 is 5.97 Å². The number of aromatic nitrogens is 1. The molecule has 0 saturated heterocycles. The average molecular weight is 427 g/mol. The van der Waals surface area contributed by atoms with Gasteiger partial charge in [-0.25, -0.2) is 9.78 Å². The van der Waals surface area contributed by atoms with E-state index in [2.05, 4.69) is 13.8 Å².